The molecule has 0 saturated carbocycles. The van der Waals surface area contributed by atoms with Crippen molar-refractivity contribution in [1.82, 2.24) is 19.7 Å². The normalized spacial score (nSPS) is 14.6. The molecule has 2 aromatic heterocycles. The zero-order valence-corrected chi connectivity index (χ0v) is 16.3. The Balaban J connectivity index is 1.34. The van der Waals surface area contributed by atoms with E-state index in [4.69, 9.17) is 0 Å². The van der Waals surface area contributed by atoms with Crippen LogP contribution >= 0.6 is 0 Å². The van der Waals surface area contributed by atoms with Gasteiger partial charge in [-0.05, 0) is 62.2 Å². The third-order valence-corrected chi connectivity index (χ3v) is 5.26. The van der Waals surface area contributed by atoms with Crippen molar-refractivity contribution in [1.29, 1.82) is 0 Å². The number of hydrogen-bond acceptors (Lipinski definition) is 4. The summed E-state index contributed by atoms with van der Waals surface area (Å²) in [6.07, 6.45) is 4.70. The molecule has 1 aliphatic heterocycles. The SMILES string of the molecule is Cc1ccnn1-c1ccc(C(=O)N2CCC(C(=O)Nc3ccccn3)CC2)cc1. The molecule has 0 spiro atoms. The first kappa shape index (κ1) is 18.9. The first-order valence-electron chi connectivity index (χ1n) is 9.74. The maximum absolute atomic E-state index is 12.8. The van der Waals surface area contributed by atoms with E-state index >= 15 is 0 Å². The van der Waals surface area contributed by atoms with Crippen LogP contribution in [-0.2, 0) is 4.79 Å². The van der Waals surface area contributed by atoms with Crippen molar-refractivity contribution in [2.75, 3.05) is 18.4 Å². The fourth-order valence-electron chi connectivity index (χ4n) is 3.58. The van der Waals surface area contributed by atoms with Gasteiger partial charge in [0.2, 0.25) is 5.91 Å². The molecular formula is C22H23N5O2. The molecule has 1 aromatic carbocycles. The highest BCUT2D eigenvalue weighted by Gasteiger charge is 2.28. The quantitative estimate of drug-likeness (QED) is 0.744. The molecule has 4 rings (SSSR count). The summed E-state index contributed by atoms with van der Waals surface area (Å²) < 4.78 is 1.83. The first-order valence-corrected chi connectivity index (χ1v) is 9.74. The highest BCUT2D eigenvalue weighted by molar-refractivity contribution is 5.95. The number of piperidine rings is 1. The number of aromatic nitrogens is 3. The van der Waals surface area contributed by atoms with Gasteiger partial charge in [-0.1, -0.05) is 6.07 Å². The number of likely N-dealkylation sites (tertiary alicyclic amines) is 1. The number of nitrogens with one attached hydrogen (secondary N) is 1. The number of rotatable bonds is 4. The third-order valence-electron chi connectivity index (χ3n) is 5.26. The molecule has 1 N–H and O–H groups in total. The standard InChI is InChI=1S/C22H23N5O2/c1-16-9-13-24-27(16)19-7-5-18(6-8-19)22(29)26-14-10-17(11-15-26)21(28)25-20-4-2-3-12-23-20/h2-9,12-13,17H,10-11,14-15H2,1H3,(H,23,25,28). The lowest BCUT2D eigenvalue weighted by atomic mass is 9.95. The number of amides is 2. The van der Waals surface area contributed by atoms with Gasteiger partial charge in [0.05, 0.1) is 5.69 Å². The number of carbonyl (C=O) groups is 2. The van der Waals surface area contributed by atoms with E-state index < -0.39 is 0 Å². The average molecular weight is 389 g/mol. The maximum atomic E-state index is 12.8. The number of hydrogen-bond donors (Lipinski definition) is 1. The molecule has 148 valence electrons. The second-order valence-corrected chi connectivity index (χ2v) is 7.20. The van der Waals surface area contributed by atoms with Crippen LogP contribution in [0.15, 0.2) is 60.9 Å². The summed E-state index contributed by atoms with van der Waals surface area (Å²) >= 11 is 0. The van der Waals surface area contributed by atoms with Crippen LogP contribution in [0, 0.1) is 12.8 Å². The summed E-state index contributed by atoms with van der Waals surface area (Å²) in [7, 11) is 0. The van der Waals surface area contributed by atoms with E-state index in [-0.39, 0.29) is 17.7 Å². The van der Waals surface area contributed by atoms with Crippen LogP contribution in [-0.4, -0.2) is 44.6 Å². The minimum Gasteiger partial charge on any atom is -0.339 e. The predicted molar refractivity (Wildman–Crippen MR) is 110 cm³/mol. The van der Waals surface area contributed by atoms with Crippen molar-refractivity contribution in [3.05, 3.63) is 72.2 Å². The Kier molecular flexibility index (Phi) is 5.37. The van der Waals surface area contributed by atoms with Crippen molar-refractivity contribution in [3.8, 4) is 5.69 Å². The van der Waals surface area contributed by atoms with Gasteiger partial charge in [0.1, 0.15) is 5.82 Å². The fourth-order valence-corrected chi connectivity index (χ4v) is 3.58. The van der Waals surface area contributed by atoms with Gasteiger partial charge in [-0.25, -0.2) is 9.67 Å². The van der Waals surface area contributed by atoms with Gasteiger partial charge in [0.25, 0.3) is 5.91 Å². The van der Waals surface area contributed by atoms with E-state index in [1.165, 1.54) is 0 Å². The van der Waals surface area contributed by atoms with Gasteiger partial charge < -0.3 is 10.2 Å². The Morgan fingerprint density at radius 3 is 2.38 bits per heavy atom. The molecule has 29 heavy (non-hydrogen) atoms. The van der Waals surface area contributed by atoms with Crippen LogP contribution in [0.3, 0.4) is 0 Å². The largest absolute Gasteiger partial charge is 0.339 e. The number of carbonyl (C=O) groups excluding carboxylic acids is 2. The molecule has 1 aliphatic rings. The third kappa shape index (κ3) is 4.18. The summed E-state index contributed by atoms with van der Waals surface area (Å²) in [4.78, 5) is 31.2. The van der Waals surface area contributed by atoms with Crippen LogP contribution in [0.4, 0.5) is 5.82 Å². The summed E-state index contributed by atoms with van der Waals surface area (Å²) in [6, 6.07) is 14.8. The molecule has 2 amide bonds. The minimum absolute atomic E-state index is 0.00248. The molecule has 7 nitrogen and oxygen atoms in total. The lowest BCUT2D eigenvalue weighted by molar-refractivity contribution is -0.121. The molecule has 1 saturated heterocycles. The molecule has 0 aliphatic carbocycles. The van der Waals surface area contributed by atoms with Gasteiger partial charge in [0, 0.05) is 42.7 Å². The summed E-state index contributed by atoms with van der Waals surface area (Å²) in [5.41, 5.74) is 2.61. The second-order valence-electron chi connectivity index (χ2n) is 7.20. The van der Waals surface area contributed by atoms with E-state index in [1.54, 1.807) is 18.5 Å². The second kappa shape index (κ2) is 8.26. The minimum atomic E-state index is -0.105. The molecule has 7 heteroatoms. The maximum Gasteiger partial charge on any atom is 0.253 e. The Morgan fingerprint density at radius 2 is 1.76 bits per heavy atom. The predicted octanol–water partition coefficient (Wildman–Crippen LogP) is 3.07. The lowest BCUT2D eigenvalue weighted by Gasteiger charge is -2.31. The Hall–Kier alpha value is -3.48. The number of pyridine rings is 1. The number of benzene rings is 1. The molecule has 0 bridgehead atoms. The van der Waals surface area contributed by atoms with E-state index in [9.17, 15) is 9.59 Å². The van der Waals surface area contributed by atoms with E-state index in [1.807, 2.05) is 59.0 Å². The van der Waals surface area contributed by atoms with Crippen LogP contribution in [0.5, 0.6) is 0 Å². The van der Waals surface area contributed by atoms with Gasteiger partial charge in [-0.15, -0.1) is 0 Å². The zero-order chi connectivity index (χ0) is 20.2. The van der Waals surface area contributed by atoms with Crippen LogP contribution in [0.1, 0.15) is 28.9 Å². The van der Waals surface area contributed by atoms with Crippen LogP contribution in [0.25, 0.3) is 5.69 Å². The molecule has 0 radical (unpaired) electrons. The number of anilines is 1. The van der Waals surface area contributed by atoms with Crippen molar-refractivity contribution >= 4 is 17.6 Å². The van der Waals surface area contributed by atoms with Crippen molar-refractivity contribution in [2.24, 2.45) is 5.92 Å². The van der Waals surface area contributed by atoms with E-state index in [0.29, 0.717) is 37.3 Å². The van der Waals surface area contributed by atoms with E-state index in [0.717, 1.165) is 11.4 Å². The summed E-state index contributed by atoms with van der Waals surface area (Å²) in [5.74, 6) is 0.418. The van der Waals surface area contributed by atoms with Gasteiger partial charge >= 0.3 is 0 Å². The van der Waals surface area contributed by atoms with Crippen molar-refractivity contribution < 1.29 is 9.59 Å². The molecule has 3 heterocycles. The molecule has 0 unspecified atom stereocenters. The summed E-state index contributed by atoms with van der Waals surface area (Å²) in [6.45, 7) is 3.12. The molecular weight excluding hydrogens is 366 g/mol. The lowest BCUT2D eigenvalue weighted by Crippen LogP contribution is -2.41. The van der Waals surface area contributed by atoms with Crippen LogP contribution < -0.4 is 5.32 Å². The monoisotopic (exact) mass is 389 g/mol. The Labute approximate surface area is 169 Å². The molecule has 3 aromatic rings. The number of nitrogens with zero attached hydrogens (tertiary/aromatic N) is 4. The average Bonchev–Trinajstić information content (AvgIpc) is 3.20. The van der Waals surface area contributed by atoms with Crippen LogP contribution in [0.2, 0.25) is 0 Å². The van der Waals surface area contributed by atoms with E-state index in [2.05, 4.69) is 15.4 Å². The summed E-state index contributed by atoms with van der Waals surface area (Å²) in [5, 5.41) is 7.13. The molecule has 1 fully saturated rings. The fraction of sp³-hybridized carbons (Fsp3) is 0.273. The van der Waals surface area contributed by atoms with Crippen molar-refractivity contribution in [3.63, 3.8) is 0 Å². The van der Waals surface area contributed by atoms with Gasteiger partial charge in [-0.2, -0.15) is 5.10 Å². The molecule has 0 atom stereocenters. The zero-order valence-electron chi connectivity index (χ0n) is 16.3. The number of aryl methyl sites for hydroxylation is 1. The Morgan fingerprint density at radius 1 is 1.00 bits per heavy atom. The Bertz CT molecular complexity index is 990. The van der Waals surface area contributed by atoms with Gasteiger partial charge in [0.15, 0.2) is 0 Å². The highest BCUT2D eigenvalue weighted by atomic mass is 16.2. The first-order chi connectivity index (χ1) is 14.1. The highest BCUT2D eigenvalue weighted by Crippen LogP contribution is 2.21. The van der Waals surface area contributed by atoms with Crippen molar-refractivity contribution in [2.45, 2.75) is 19.8 Å². The van der Waals surface area contributed by atoms with Gasteiger partial charge in [-0.3, -0.25) is 9.59 Å². The smallest absolute Gasteiger partial charge is 0.253 e. The topological polar surface area (TPSA) is 80.1 Å².